The van der Waals surface area contributed by atoms with Crippen molar-refractivity contribution in [1.82, 2.24) is 4.98 Å². The SMILES string of the molecule is CCOC(=O)CCc1cc(CCC(=O)OCC)cc(Cc2cccnc2)c1. The summed E-state index contributed by atoms with van der Waals surface area (Å²) in [6.07, 6.45) is 6.29. The molecule has 0 atom stereocenters. The van der Waals surface area contributed by atoms with Crippen LogP contribution in [0.3, 0.4) is 0 Å². The van der Waals surface area contributed by atoms with Crippen LogP contribution < -0.4 is 0 Å². The average molecular weight is 369 g/mol. The van der Waals surface area contributed by atoms with E-state index in [2.05, 4.69) is 23.2 Å². The molecule has 0 saturated heterocycles. The van der Waals surface area contributed by atoms with Crippen LogP contribution in [-0.2, 0) is 38.3 Å². The summed E-state index contributed by atoms with van der Waals surface area (Å²) in [6.45, 7) is 4.40. The van der Waals surface area contributed by atoms with Gasteiger partial charge in [-0.15, -0.1) is 0 Å². The Morgan fingerprint density at radius 1 is 0.852 bits per heavy atom. The predicted octanol–water partition coefficient (Wildman–Crippen LogP) is 3.66. The fraction of sp³-hybridized carbons (Fsp3) is 0.409. The second kappa shape index (κ2) is 11.1. The molecule has 0 aliphatic carbocycles. The van der Waals surface area contributed by atoms with E-state index in [0.717, 1.165) is 28.7 Å². The first-order valence-corrected chi connectivity index (χ1v) is 9.42. The number of benzene rings is 1. The van der Waals surface area contributed by atoms with Crippen molar-refractivity contribution in [3.63, 3.8) is 0 Å². The number of esters is 2. The van der Waals surface area contributed by atoms with Gasteiger partial charge in [-0.05, 0) is 61.4 Å². The smallest absolute Gasteiger partial charge is 0.306 e. The van der Waals surface area contributed by atoms with Crippen LogP contribution in [0, 0.1) is 0 Å². The first-order chi connectivity index (χ1) is 13.1. The molecule has 0 radical (unpaired) electrons. The summed E-state index contributed by atoms with van der Waals surface area (Å²) in [6, 6.07) is 10.2. The summed E-state index contributed by atoms with van der Waals surface area (Å²) in [4.78, 5) is 27.5. The molecule has 0 unspecified atom stereocenters. The monoisotopic (exact) mass is 369 g/mol. The lowest BCUT2D eigenvalue weighted by Gasteiger charge is -2.10. The van der Waals surface area contributed by atoms with E-state index in [-0.39, 0.29) is 11.9 Å². The maximum absolute atomic E-state index is 11.7. The molecule has 0 aliphatic rings. The molecule has 1 aromatic heterocycles. The summed E-state index contributed by atoms with van der Waals surface area (Å²) >= 11 is 0. The van der Waals surface area contributed by atoms with Crippen molar-refractivity contribution in [3.05, 3.63) is 65.0 Å². The van der Waals surface area contributed by atoms with Crippen molar-refractivity contribution < 1.29 is 19.1 Å². The molecule has 144 valence electrons. The van der Waals surface area contributed by atoms with Gasteiger partial charge in [0.2, 0.25) is 0 Å². The third kappa shape index (κ3) is 7.60. The van der Waals surface area contributed by atoms with Crippen LogP contribution in [0.2, 0.25) is 0 Å². The van der Waals surface area contributed by atoms with Crippen molar-refractivity contribution in [3.8, 4) is 0 Å². The number of hydrogen-bond donors (Lipinski definition) is 0. The molecular formula is C22H27NO4. The number of carbonyl (C=O) groups excluding carboxylic acids is 2. The average Bonchev–Trinajstić information content (AvgIpc) is 2.66. The largest absolute Gasteiger partial charge is 0.466 e. The van der Waals surface area contributed by atoms with Crippen molar-refractivity contribution in [2.75, 3.05) is 13.2 Å². The van der Waals surface area contributed by atoms with E-state index in [1.54, 1.807) is 20.0 Å². The second-order valence-corrected chi connectivity index (χ2v) is 6.31. The number of hydrogen-bond acceptors (Lipinski definition) is 5. The van der Waals surface area contributed by atoms with Crippen LogP contribution in [-0.4, -0.2) is 30.1 Å². The number of aryl methyl sites for hydroxylation is 2. The van der Waals surface area contributed by atoms with Gasteiger partial charge in [-0.3, -0.25) is 14.6 Å². The van der Waals surface area contributed by atoms with Crippen LogP contribution >= 0.6 is 0 Å². The number of rotatable bonds is 10. The zero-order valence-corrected chi connectivity index (χ0v) is 16.1. The molecule has 0 saturated carbocycles. The Hall–Kier alpha value is -2.69. The fourth-order valence-electron chi connectivity index (χ4n) is 2.93. The van der Waals surface area contributed by atoms with Gasteiger partial charge in [0.1, 0.15) is 0 Å². The minimum absolute atomic E-state index is 0.191. The molecule has 1 heterocycles. The fourth-order valence-corrected chi connectivity index (χ4v) is 2.93. The van der Waals surface area contributed by atoms with Crippen molar-refractivity contribution in [1.29, 1.82) is 0 Å². The summed E-state index contributed by atoms with van der Waals surface area (Å²) in [5.74, 6) is -0.383. The van der Waals surface area contributed by atoms with Gasteiger partial charge in [0, 0.05) is 25.2 Å². The molecule has 0 N–H and O–H groups in total. The van der Waals surface area contributed by atoms with E-state index >= 15 is 0 Å². The van der Waals surface area contributed by atoms with Crippen LogP contribution in [0.4, 0.5) is 0 Å². The number of pyridine rings is 1. The quantitative estimate of drug-likeness (QED) is 0.598. The highest BCUT2D eigenvalue weighted by molar-refractivity contribution is 5.70. The van der Waals surface area contributed by atoms with E-state index in [1.807, 2.05) is 18.3 Å². The summed E-state index contributed by atoms with van der Waals surface area (Å²) in [7, 11) is 0. The molecule has 0 spiro atoms. The Kier molecular flexibility index (Phi) is 8.49. The highest BCUT2D eigenvalue weighted by Gasteiger charge is 2.09. The maximum atomic E-state index is 11.7. The molecule has 0 amide bonds. The standard InChI is InChI=1S/C22H27NO4/c1-3-26-21(24)9-7-17-12-18(8-10-22(25)27-4-2)14-20(13-17)15-19-6-5-11-23-16-19/h5-6,11-14,16H,3-4,7-10,15H2,1-2H3. The van der Waals surface area contributed by atoms with Gasteiger partial charge in [0.15, 0.2) is 0 Å². The van der Waals surface area contributed by atoms with E-state index in [4.69, 9.17) is 9.47 Å². The number of ether oxygens (including phenoxy) is 2. The Labute approximate surface area is 160 Å². The lowest BCUT2D eigenvalue weighted by Crippen LogP contribution is -2.07. The first kappa shape index (κ1) is 20.6. The zero-order valence-electron chi connectivity index (χ0n) is 16.1. The molecule has 0 fully saturated rings. The van der Waals surface area contributed by atoms with Crippen molar-refractivity contribution >= 4 is 11.9 Å². The molecule has 2 rings (SSSR count). The van der Waals surface area contributed by atoms with Gasteiger partial charge in [0.05, 0.1) is 13.2 Å². The van der Waals surface area contributed by atoms with Crippen LogP contribution in [0.25, 0.3) is 0 Å². The summed E-state index contributed by atoms with van der Waals surface area (Å²) < 4.78 is 10.0. The summed E-state index contributed by atoms with van der Waals surface area (Å²) in [5, 5.41) is 0. The van der Waals surface area contributed by atoms with Crippen LogP contribution in [0.1, 0.15) is 48.9 Å². The maximum Gasteiger partial charge on any atom is 0.306 e. The molecule has 0 aliphatic heterocycles. The number of carbonyl (C=O) groups is 2. The van der Waals surface area contributed by atoms with Crippen molar-refractivity contribution in [2.45, 2.75) is 46.0 Å². The molecule has 5 heteroatoms. The minimum atomic E-state index is -0.191. The number of aromatic nitrogens is 1. The van der Waals surface area contributed by atoms with Gasteiger partial charge >= 0.3 is 11.9 Å². The van der Waals surface area contributed by atoms with E-state index in [1.165, 1.54) is 0 Å². The van der Waals surface area contributed by atoms with E-state index < -0.39 is 0 Å². The molecule has 27 heavy (non-hydrogen) atoms. The third-order valence-corrected chi connectivity index (χ3v) is 4.09. The predicted molar refractivity (Wildman–Crippen MR) is 103 cm³/mol. The van der Waals surface area contributed by atoms with Crippen LogP contribution in [0.15, 0.2) is 42.7 Å². The van der Waals surface area contributed by atoms with Gasteiger partial charge in [-0.2, -0.15) is 0 Å². The molecule has 2 aromatic rings. The topological polar surface area (TPSA) is 65.5 Å². The third-order valence-electron chi connectivity index (χ3n) is 4.09. The first-order valence-electron chi connectivity index (χ1n) is 9.42. The van der Waals surface area contributed by atoms with E-state index in [0.29, 0.717) is 38.9 Å². The second-order valence-electron chi connectivity index (χ2n) is 6.31. The van der Waals surface area contributed by atoms with Gasteiger partial charge < -0.3 is 9.47 Å². The molecular weight excluding hydrogens is 342 g/mol. The Morgan fingerprint density at radius 3 is 1.89 bits per heavy atom. The minimum Gasteiger partial charge on any atom is -0.466 e. The molecule has 1 aromatic carbocycles. The Bertz CT molecular complexity index is 703. The summed E-state index contributed by atoms with van der Waals surface area (Å²) in [5.41, 5.74) is 4.41. The Morgan fingerprint density at radius 2 is 1.41 bits per heavy atom. The number of nitrogens with zero attached hydrogens (tertiary/aromatic N) is 1. The van der Waals surface area contributed by atoms with Crippen molar-refractivity contribution in [2.24, 2.45) is 0 Å². The highest BCUT2D eigenvalue weighted by atomic mass is 16.5. The normalized spacial score (nSPS) is 10.4. The lowest BCUT2D eigenvalue weighted by atomic mass is 9.96. The van der Waals surface area contributed by atoms with Crippen LogP contribution in [0.5, 0.6) is 0 Å². The zero-order chi connectivity index (χ0) is 19.5. The molecule has 0 bridgehead atoms. The van der Waals surface area contributed by atoms with Gasteiger partial charge in [0.25, 0.3) is 0 Å². The highest BCUT2D eigenvalue weighted by Crippen LogP contribution is 2.17. The molecule has 5 nitrogen and oxygen atoms in total. The lowest BCUT2D eigenvalue weighted by molar-refractivity contribution is -0.143. The Balaban J connectivity index is 2.13. The van der Waals surface area contributed by atoms with Gasteiger partial charge in [-0.25, -0.2) is 0 Å². The van der Waals surface area contributed by atoms with Gasteiger partial charge in [-0.1, -0.05) is 24.3 Å². The van der Waals surface area contributed by atoms with E-state index in [9.17, 15) is 9.59 Å².